The third kappa shape index (κ3) is 2.54. The molecule has 0 radical (unpaired) electrons. The maximum Gasteiger partial charge on any atom is 0.159 e. The first kappa shape index (κ1) is 12.7. The number of ketones is 1. The number of ether oxygens (including phenoxy) is 1. The van der Waals surface area contributed by atoms with Gasteiger partial charge in [-0.15, -0.1) is 0 Å². The van der Waals surface area contributed by atoms with Crippen LogP contribution in [0.1, 0.15) is 17.3 Å². The van der Waals surface area contributed by atoms with Crippen molar-refractivity contribution in [3.8, 4) is 16.9 Å². The zero-order valence-corrected chi connectivity index (χ0v) is 11.0. The highest BCUT2D eigenvalue weighted by atomic mass is 35.5. The normalized spacial score (nSPS) is 10.2. The minimum absolute atomic E-state index is 0.0239. The fraction of sp³-hybridized carbons (Fsp3) is 0.133. The van der Waals surface area contributed by atoms with Crippen LogP contribution < -0.4 is 4.74 Å². The summed E-state index contributed by atoms with van der Waals surface area (Å²) >= 11 is 6.18. The lowest BCUT2D eigenvalue weighted by Crippen LogP contribution is -1.93. The predicted octanol–water partition coefficient (Wildman–Crippen LogP) is 4.22. The van der Waals surface area contributed by atoms with E-state index in [1.807, 2.05) is 24.3 Å². The number of rotatable bonds is 3. The molecular formula is C15H13ClO2. The molecule has 3 heteroatoms. The Morgan fingerprint density at radius 3 is 2.61 bits per heavy atom. The first-order valence-corrected chi connectivity index (χ1v) is 5.94. The lowest BCUT2D eigenvalue weighted by Gasteiger charge is -2.08. The maximum absolute atomic E-state index is 11.4. The molecule has 0 aliphatic heterocycles. The van der Waals surface area contributed by atoms with Crippen LogP contribution in [0.5, 0.6) is 5.75 Å². The van der Waals surface area contributed by atoms with Crippen molar-refractivity contribution < 1.29 is 9.53 Å². The molecule has 0 aromatic heterocycles. The van der Waals surface area contributed by atoms with Gasteiger partial charge in [-0.2, -0.15) is 0 Å². The highest BCUT2D eigenvalue weighted by Gasteiger charge is 2.08. The van der Waals surface area contributed by atoms with E-state index in [1.165, 1.54) is 0 Å². The average molecular weight is 261 g/mol. The van der Waals surface area contributed by atoms with E-state index >= 15 is 0 Å². The molecule has 0 aliphatic rings. The van der Waals surface area contributed by atoms with Gasteiger partial charge in [-0.05, 0) is 42.8 Å². The summed E-state index contributed by atoms with van der Waals surface area (Å²) in [6, 6.07) is 12.9. The molecule has 0 N–H and O–H groups in total. The lowest BCUT2D eigenvalue weighted by atomic mass is 10.0. The largest absolute Gasteiger partial charge is 0.497 e. The van der Waals surface area contributed by atoms with Gasteiger partial charge in [0.05, 0.1) is 7.11 Å². The van der Waals surface area contributed by atoms with E-state index in [0.717, 1.165) is 16.9 Å². The van der Waals surface area contributed by atoms with Crippen molar-refractivity contribution in [3.05, 3.63) is 53.1 Å². The van der Waals surface area contributed by atoms with Crippen molar-refractivity contribution in [2.24, 2.45) is 0 Å². The molecule has 0 heterocycles. The van der Waals surface area contributed by atoms with Gasteiger partial charge in [0.15, 0.2) is 5.78 Å². The number of hydrogen-bond donors (Lipinski definition) is 0. The standard InChI is InChI=1S/C15H13ClO2/c1-10(17)11-6-7-15(16)14(9-11)12-4-3-5-13(8-12)18-2/h3-9H,1-2H3. The van der Waals surface area contributed by atoms with E-state index in [9.17, 15) is 4.79 Å². The van der Waals surface area contributed by atoms with E-state index < -0.39 is 0 Å². The summed E-state index contributed by atoms with van der Waals surface area (Å²) in [4.78, 5) is 11.4. The third-order valence-electron chi connectivity index (χ3n) is 2.75. The topological polar surface area (TPSA) is 26.3 Å². The summed E-state index contributed by atoms with van der Waals surface area (Å²) in [5.74, 6) is 0.785. The van der Waals surface area contributed by atoms with Gasteiger partial charge in [0.25, 0.3) is 0 Å². The van der Waals surface area contributed by atoms with E-state index in [2.05, 4.69) is 0 Å². The fourth-order valence-electron chi connectivity index (χ4n) is 1.76. The molecule has 2 rings (SSSR count). The molecule has 0 saturated carbocycles. The Balaban J connectivity index is 2.54. The number of benzene rings is 2. The molecule has 0 amide bonds. The van der Waals surface area contributed by atoms with Gasteiger partial charge in [-0.1, -0.05) is 23.7 Å². The minimum Gasteiger partial charge on any atom is -0.497 e. The Morgan fingerprint density at radius 2 is 1.94 bits per heavy atom. The van der Waals surface area contributed by atoms with Crippen LogP contribution >= 0.6 is 11.6 Å². The molecule has 2 aromatic rings. The van der Waals surface area contributed by atoms with Crippen LogP contribution in [0, 0.1) is 0 Å². The highest BCUT2D eigenvalue weighted by molar-refractivity contribution is 6.33. The molecule has 0 atom stereocenters. The number of hydrogen-bond acceptors (Lipinski definition) is 2. The predicted molar refractivity (Wildman–Crippen MR) is 73.4 cm³/mol. The van der Waals surface area contributed by atoms with Crippen LogP contribution in [0.25, 0.3) is 11.1 Å². The summed E-state index contributed by atoms with van der Waals surface area (Å²) in [6.07, 6.45) is 0. The summed E-state index contributed by atoms with van der Waals surface area (Å²) in [7, 11) is 1.62. The number of methoxy groups -OCH3 is 1. The second-order valence-electron chi connectivity index (χ2n) is 3.98. The van der Waals surface area contributed by atoms with E-state index in [4.69, 9.17) is 16.3 Å². The monoisotopic (exact) mass is 260 g/mol. The van der Waals surface area contributed by atoms with Crippen molar-refractivity contribution in [2.45, 2.75) is 6.92 Å². The summed E-state index contributed by atoms with van der Waals surface area (Å²) < 4.78 is 5.18. The van der Waals surface area contributed by atoms with Gasteiger partial charge < -0.3 is 4.74 Å². The fourth-order valence-corrected chi connectivity index (χ4v) is 1.98. The summed E-state index contributed by atoms with van der Waals surface area (Å²) in [6.45, 7) is 1.54. The van der Waals surface area contributed by atoms with E-state index in [1.54, 1.807) is 32.2 Å². The number of halogens is 1. The molecule has 2 aromatic carbocycles. The van der Waals surface area contributed by atoms with Crippen LogP contribution in [0.2, 0.25) is 5.02 Å². The highest BCUT2D eigenvalue weighted by Crippen LogP contribution is 2.31. The first-order valence-electron chi connectivity index (χ1n) is 5.56. The van der Waals surface area contributed by atoms with Gasteiger partial charge in [-0.25, -0.2) is 0 Å². The molecule has 2 nitrogen and oxygen atoms in total. The van der Waals surface area contributed by atoms with Gasteiger partial charge in [0.2, 0.25) is 0 Å². The average Bonchev–Trinajstić information content (AvgIpc) is 2.39. The Labute approximate surface area is 111 Å². The lowest BCUT2D eigenvalue weighted by molar-refractivity contribution is 0.101. The summed E-state index contributed by atoms with van der Waals surface area (Å²) in [5.41, 5.74) is 2.42. The van der Waals surface area contributed by atoms with Gasteiger partial charge >= 0.3 is 0 Å². The van der Waals surface area contributed by atoms with E-state index in [-0.39, 0.29) is 5.78 Å². The molecule has 0 aliphatic carbocycles. The molecule has 0 saturated heterocycles. The van der Waals surface area contributed by atoms with Crippen molar-refractivity contribution in [2.75, 3.05) is 7.11 Å². The van der Waals surface area contributed by atoms with Crippen LogP contribution in [-0.2, 0) is 0 Å². The SMILES string of the molecule is COc1cccc(-c2cc(C(C)=O)ccc2Cl)c1. The third-order valence-corrected chi connectivity index (χ3v) is 3.08. The van der Waals surface area contributed by atoms with Gasteiger partial charge in [-0.3, -0.25) is 4.79 Å². The van der Waals surface area contributed by atoms with E-state index in [0.29, 0.717) is 10.6 Å². The van der Waals surface area contributed by atoms with Crippen LogP contribution in [0.4, 0.5) is 0 Å². The van der Waals surface area contributed by atoms with Crippen molar-refractivity contribution >= 4 is 17.4 Å². The second kappa shape index (κ2) is 5.23. The smallest absolute Gasteiger partial charge is 0.159 e. The van der Waals surface area contributed by atoms with Crippen molar-refractivity contribution in [1.29, 1.82) is 0 Å². The van der Waals surface area contributed by atoms with Crippen LogP contribution in [0.15, 0.2) is 42.5 Å². The van der Waals surface area contributed by atoms with Gasteiger partial charge in [0, 0.05) is 16.1 Å². The number of carbonyl (C=O) groups is 1. The molecule has 0 unspecified atom stereocenters. The molecule has 0 spiro atoms. The minimum atomic E-state index is 0.0239. The Kier molecular flexibility index (Phi) is 3.68. The maximum atomic E-state index is 11.4. The van der Waals surface area contributed by atoms with Crippen LogP contribution in [-0.4, -0.2) is 12.9 Å². The van der Waals surface area contributed by atoms with Crippen LogP contribution in [0.3, 0.4) is 0 Å². The first-order chi connectivity index (χ1) is 8.61. The zero-order chi connectivity index (χ0) is 13.1. The summed E-state index contributed by atoms with van der Waals surface area (Å²) in [5, 5.41) is 0.619. The molecule has 18 heavy (non-hydrogen) atoms. The van der Waals surface area contributed by atoms with Crippen molar-refractivity contribution in [1.82, 2.24) is 0 Å². The van der Waals surface area contributed by atoms with Crippen molar-refractivity contribution in [3.63, 3.8) is 0 Å². The van der Waals surface area contributed by atoms with Gasteiger partial charge in [0.1, 0.15) is 5.75 Å². The Bertz CT molecular complexity index is 591. The molecule has 92 valence electrons. The molecule has 0 bridgehead atoms. The second-order valence-corrected chi connectivity index (χ2v) is 4.39. The number of carbonyl (C=O) groups excluding carboxylic acids is 1. The zero-order valence-electron chi connectivity index (χ0n) is 10.2. The quantitative estimate of drug-likeness (QED) is 0.773. The Morgan fingerprint density at radius 1 is 1.17 bits per heavy atom. The number of Topliss-reactive ketones (excluding diaryl/α,β-unsaturated/α-hetero) is 1. The Hall–Kier alpha value is -1.80. The molecule has 0 fully saturated rings. The molecular weight excluding hydrogens is 248 g/mol.